The predicted octanol–water partition coefficient (Wildman–Crippen LogP) is 4.62. The van der Waals surface area contributed by atoms with Crippen LogP contribution in [-0.4, -0.2) is 28.0 Å². The largest absolute Gasteiger partial charge is 0.316 e. The van der Waals surface area contributed by atoms with E-state index >= 15 is 0 Å². The van der Waals surface area contributed by atoms with Crippen molar-refractivity contribution in [3.05, 3.63) is 64.2 Å². The first-order valence-corrected chi connectivity index (χ1v) is 11.3. The third-order valence-corrected chi connectivity index (χ3v) is 6.10. The van der Waals surface area contributed by atoms with Gasteiger partial charge in [0.1, 0.15) is 0 Å². The maximum Gasteiger partial charge on any atom is 0.162 e. The van der Waals surface area contributed by atoms with Crippen molar-refractivity contribution < 1.29 is 13.9 Å². The Morgan fingerprint density at radius 1 is 1.14 bits per heavy atom. The molecule has 1 heterocycles. The van der Waals surface area contributed by atoms with E-state index in [1.165, 1.54) is 0 Å². The number of fused-ring (bicyclic) bond motifs is 1. The minimum atomic E-state index is -2.97. The number of nitrogens with one attached hydrogen (secondary N) is 3. The van der Waals surface area contributed by atoms with Crippen molar-refractivity contribution in [3.8, 4) is 0 Å². The highest BCUT2D eigenvalue weighted by Gasteiger charge is 2.21. The second-order valence-corrected chi connectivity index (χ2v) is 8.81. The molecule has 6 nitrogen and oxygen atoms in total. The van der Waals surface area contributed by atoms with Gasteiger partial charge < -0.3 is 5.32 Å². The van der Waals surface area contributed by atoms with Gasteiger partial charge in [-0.05, 0) is 67.7 Å². The summed E-state index contributed by atoms with van der Waals surface area (Å²) in [5, 5.41) is 4.19. The number of unbranched alkanes of at least 4 members (excludes halogenated alkanes) is 1. The van der Waals surface area contributed by atoms with E-state index < -0.39 is 11.0 Å². The van der Waals surface area contributed by atoms with Crippen molar-refractivity contribution in [2.24, 2.45) is 0 Å². The molecule has 0 amide bonds. The molecule has 0 saturated carbocycles. The molecule has 0 spiro atoms. The Labute approximate surface area is 172 Å². The minimum Gasteiger partial charge on any atom is -0.316 e. The molecule has 0 radical (unpaired) electrons. The van der Waals surface area contributed by atoms with Gasteiger partial charge in [0.25, 0.3) is 0 Å². The SMILES string of the molecule is O=C(CCCCNCCc1ccccc1Cl)c1ccc2c(c1)CNS(O)(O)N2. The molecule has 0 saturated heterocycles. The van der Waals surface area contributed by atoms with Gasteiger partial charge in [-0.1, -0.05) is 40.8 Å². The van der Waals surface area contributed by atoms with Gasteiger partial charge in [-0.2, -0.15) is 4.72 Å². The third-order valence-electron chi connectivity index (χ3n) is 4.68. The molecule has 0 aliphatic carbocycles. The molecule has 3 rings (SSSR count). The molecule has 1 aliphatic rings. The summed E-state index contributed by atoms with van der Waals surface area (Å²) >= 11 is 6.14. The van der Waals surface area contributed by atoms with Crippen LogP contribution < -0.4 is 14.8 Å². The average Bonchev–Trinajstić information content (AvgIpc) is 2.67. The number of halogens is 1. The summed E-state index contributed by atoms with van der Waals surface area (Å²) in [5.41, 5.74) is 3.31. The lowest BCUT2D eigenvalue weighted by Crippen LogP contribution is -2.30. The van der Waals surface area contributed by atoms with E-state index in [0.717, 1.165) is 48.5 Å². The summed E-state index contributed by atoms with van der Waals surface area (Å²) in [5.74, 6) is 0.107. The number of rotatable bonds is 9. The van der Waals surface area contributed by atoms with Crippen LogP contribution >= 0.6 is 22.6 Å². The summed E-state index contributed by atoms with van der Waals surface area (Å²) in [6.07, 6.45) is 3.15. The summed E-state index contributed by atoms with van der Waals surface area (Å²) in [6.45, 7) is 2.05. The van der Waals surface area contributed by atoms with Gasteiger partial charge in [-0.3, -0.25) is 18.6 Å². The number of ketones is 1. The summed E-state index contributed by atoms with van der Waals surface area (Å²) in [7, 11) is -2.97. The number of hydrogen-bond donors (Lipinski definition) is 5. The van der Waals surface area contributed by atoms with Gasteiger partial charge >= 0.3 is 0 Å². The monoisotopic (exact) mass is 423 g/mol. The normalized spacial score (nSPS) is 16.1. The molecule has 0 atom stereocenters. The maximum absolute atomic E-state index is 12.4. The first-order valence-electron chi connectivity index (χ1n) is 9.35. The van der Waals surface area contributed by atoms with Crippen LogP contribution in [0.2, 0.25) is 5.02 Å². The van der Waals surface area contributed by atoms with Crippen molar-refractivity contribution in [2.75, 3.05) is 17.8 Å². The van der Waals surface area contributed by atoms with E-state index in [1.54, 1.807) is 12.1 Å². The van der Waals surface area contributed by atoms with Crippen molar-refractivity contribution in [1.82, 2.24) is 10.0 Å². The molecule has 2 aromatic carbocycles. The molecular weight excluding hydrogens is 398 g/mol. The van der Waals surface area contributed by atoms with E-state index in [0.29, 0.717) is 24.2 Å². The number of hydrogen-bond acceptors (Lipinski definition) is 6. The van der Waals surface area contributed by atoms with Crippen LogP contribution in [-0.2, 0) is 13.0 Å². The van der Waals surface area contributed by atoms with Crippen LogP contribution in [0.5, 0.6) is 0 Å². The Morgan fingerprint density at radius 2 is 1.96 bits per heavy atom. The Morgan fingerprint density at radius 3 is 2.79 bits per heavy atom. The highest BCUT2D eigenvalue weighted by atomic mass is 35.5. The topological polar surface area (TPSA) is 93.6 Å². The predicted molar refractivity (Wildman–Crippen MR) is 116 cm³/mol. The summed E-state index contributed by atoms with van der Waals surface area (Å²) < 4.78 is 24.5. The van der Waals surface area contributed by atoms with Crippen molar-refractivity contribution in [3.63, 3.8) is 0 Å². The Hall–Kier alpha value is -1.61. The van der Waals surface area contributed by atoms with Crippen LogP contribution in [0.25, 0.3) is 0 Å². The van der Waals surface area contributed by atoms with Gasteiger partial charge in [-0.15, -0.1) is 0 Å². The van der Waals surface area contributed by atoms with Crippen LogP contribution in [0.4, 0.5) is 5.69 Å². The highest BCUT2D eigenvalue weighted by molar-refractivity contribution is 8.23. The van der Waals surface area contributed by atoms with Gasteiger partial charge in [0.2, 0.25) is 0 Å². The molecule has 0 fully saturated rings. The Kier molecular flexibility index (Phi) is 7.34. The van der Waals surface area contributed by atoms with Crippen molar-refractivity contribution in [2.45, 2.75) is 32.2 Å². The molecule has 1 aliphatic heterocycles. The molecule has 0 bridgehead atoms. The lowest BCUT2D eigenvalue weighted by atomic mass is 10.0. The van der Waals surface area contributed by atoms with Crippen LogP contribution in [0.1, 0.15) is 40.7 Å². The fourth-order valence-electron chi connectivity index (χ4n) is 3.11. The second-order valence-electron chi connectivity index (χ2n) is 6.82. The Balaban J connectivity index is 1.35. The highest BCUT2D eigenvalue weighted by Crippen LogP contribution is 2.40. The smallest absolute Gasteiger partial charge is 0.162 e. The second kappa shape index (κ2) is 9.73. The molecule has 5 N–H and O–H groups in total. The fraction of sp³-hybridized carbons (Fsp3) is 0.350. The fourth-order valence-corrected chi connectivity index (χ4v) is 4.27. The van der Waals surface area contributed by atoms with Gasteiger partial charge in [0.05, 0.1) is 5.69 Å². The lowest BCUT2D eigenvalue weighted by Gasteiger charge is -2.38. The Bertz CT molecular complexity index is 832. The number of carbonyl (C=O) groups is 1. The van der Waals surface area contributed by atoms with Crippen LogP contribution in [0.3, 0.4) is 0 Å². The summed E-state index contributed by atoms with van der Waals surface area (Å²) in [6, 6.07) is 13.1. The van der Waals surface area contributed by atoms with E-state index in [4.69, 9.17) is 11.6 Å². The standard InChI is InChI=1S/C20H26ClN3O3S/c21-18-6-2-1-5-15(18)10-12-22-11-4-3-7-20(25)16-8-9-19-17(13-16)14-23-28(26,27)24-19/h1-2,5-6,8-9,13,22-24,26-27H,3-4,7,10-12,14H2. The first kappa shape index (κ1) is 21.1. The van der Waals surface area contributed by atoms with Crippen molar-refractivity contribution >= 4 is 34.0 Å². The van der Waals surface area contributed by atoms with E-state index in [2.05, 4.69) is 14.8 Å². The average molecular weight is 424 g/mol. The van der Waals surface area contributed by atoms with Crippen LogP contribution in [0.15, 0.2) is 42.5 Å². The molecule has 0 aromatic heterocycles. The quantitative estimate of drug-likeness (QED) is 0.298. The number of benzene rings is 2. The first-order chi connectivity index (χ1) is 13.4. The summed E-state index contributed by atoms with van der Waals surface area (Å²) in [4.78, 5) is 12.4. The maximum atomic E-state index is 12.4. The lowest BCUT2D eigenvalue weighted by molar-refractivity contribution is 0.0979. The zero-order valence-electron chi connectivity index (χ0n) is 15.6. The molecule has 8 heteroatoms. The zero-order chi connectivity index (χ0) is 20.0. The molecular formula is C20H26ClN3O3S. The third kappa shape index (κ3) is 5.94. The van der Waals surface area contributed by atoms with Gasteiger partial charge in [-0.25, -0.2) is 0 Å². The van der Waals surface area contributed by atoms with Gasteiger partial charge in [0.15, 0.2) is 5.78 Å². The molecule has 0 unspecified atom stereocenters. The van der Waals surface area contributed by atoms with Crippen molar-refractivity contribution in [1.29, 1.82) is 0 Å². The van der Waals surface area contributed by atoms with E-state index in [9.17, 15) is 13.9 Å². The minimum absolute atomic E-state index is 0.107. The molecule has 2 aromatic rings. The van der Waals surface area contributed by atoms with Gasteiger partial charge in [0, 0.05) is 23.6 Å². The van der Waals surface area contributed by atoms with E-state index in [-0.39, 0.29) is 5.78 Å². The number of anilines is 1. The molecule has 152 valence electrons. The number of carbonyl (C=O) groups excluding carboxylic acids is 1. The number of Topliss-reactive ketones (excluding diaryl/α,β-unsaturated/α-hetero) is 1. The van der Waals surface area contributed by atoms with E-state index in [1.807, 2.05) is 30.3 Å². The van der Waals surface area contributed by atoms with Crippen LogP contribution in [0, 0.1) is 0 Å². The zero-order valence-corrected chi connectivity index (χ0v) is 17.2. The molecule has 28 heavy (non-hydrogen) atoms.